The number of hydrogen-bond donors (Lipinski definition) is 1. The monoisotopic (exact) mass is 235 g/mol. The minimum absolute atomic E-state index is 0.0488. The van der Waals surface area contributed by atoms with Crippen molar-refractivity contribution < 1.29 is 9.90 Å². The first-order valence-electron chi connectivity index (χ1n) is 6.07. The zero-order valence-corrected chi connectivity index (χ0v) is 10.9. The molecule has 17 heavy (non-hydrogen) atoms. The lowest BCUT2D eigenvalue weighted by Gasteiger charge is -2.21. The van der Waals surface area contributed by atoms with Gasteiger partial charge in [0.25, 0.3) is 5.91 Å². The van der Waals surface area contributed by atoms with Gasteiger partial charge in [0, 0.05) is 25.3 Å². The molecule has 0 aliphatic rings. The Morgan fingerprint density at radius 3 is 2.29 bits per heavy atom. The van der Waals surface area contributed by atoms with Crippen LogP contribution in [0.1, 0.15) is 34.8 Å². The molecular weight excluding hydrogens is 214 g/mol. The van der Waals surface area contributed by atoms with Crippen LogP contribution in [0.3, 0.4) is 0 Å². The van der Waals surface area contributed by atoms with Crippen molar-refractivity contribution in [3.63, 3.8) is 0 Å². The van der Waals surface area contributed by atoms with E-state index in [9.17, 15) is 4.79 Å². The second-order valence-electron chi connectivity index (χ2n) is 4.34. The summed E-state index contributed by atoms with van der Waals surface area (Å²) in [6.45, 7) is 7.35. The summed E-state index contributed by atoms with van der Waals surface area (Å²) in [5.74, 6) is 0.0488. The topological polar surface area (TPSA) is 40.5 Å². The molecule has 1 rings (SSSR count). The fraction of sp³-hybridized carbons (Fsp3) is 0.500. The van der Waals surface area contributed by atoms with E-state index in [1.807, 2.05) is 32.9 Å². The third kappa shape index (κ3) is 3.86. The summed E-state index contributed by atoms with van der Waals surface area (Å²) in [6, 6.07) is 5.88. The fourth-order valence-electron chi connectivity index (χ4n) is 1.95. The molecule has 0 heterocycles. The van der Waals surface area contributed by atoms with Crippen LogP contribution in [0.5, 0.6) is 0 Å². The Morgan fingerprint density at radius 2 is 1.82 bits per heavy atom. The van der Waals surface area contributed by atoms with Crippen LogP contribution in [0.15, 0.2) is 18.2 Å². The SMILES string of the molecule is CCN(CCCO)C(=O)c1cc(C)cc(C)c1. The van der Waals surface area contributed by atoms with Crippen molar-refractivity contribution >= 4 is 5.91 Å². The normalized spacial score (nSPS) is 10.4. The van der Waals surface area contributed by atoms with Crippen molar-refractivity contribution in [3.05, 3.63) is 34.9 Å². The van der Waals surface area contributed by atoms with E-state index in [-0.39, 0.29) is 12.5 Å². The predicted molar refractivity (Wildman–Crippen MR) is 69.2 cm³/mol. The summed E-state index contributed by atoms with van der Waals surface area (Å²) >= 11 is 0. The minimum atomic E-state index is 0.0488. The highest BCUT2D eigenvalue weighted by molar-refractivity contribution is 5.94. The van der Waals surface area contributed by atoms with Crippen LogP contribution >= 0.6 is 0 Å². The van der Waals surface area contributed by atoms with Gasteiger partial charge in [-0.05, 0) is 39.3 Å². The van der Waals surface area contributed by atoms with E-state index in [4.69, 9.17) is 5.11 Å². The molecule has 0 spiro atoms. The molecule has 0 aliphatic carbocycles. The van der Waals surface area contributed by atoms with Crippen molar-refractivity contribution in [2.75, 3.05) is 19.7 Å². The first-order valence-corrected chi connectivity index (χ1v) is 6.07. The summed E-state index contributed by atoms with van der Waals surface area (Å²) in [5, 5.41) is 8.81. The Labute approximate surface area is 103 Å². The van der Waals surface area contributed by atoms with Crippen LogP contribution in [0.25, 0.3) is 0 Å². The van der Waals surface area contributed by atoms with Crippen LogP contribution in [-0.2, 0) is 0 Å². The third-order valence-electron chi connectivity index (χ3n) is 2.72. The van der Waals surface area contributed by atoms with E-state index in [1.54, 1.807) is 4.90 Å². The average Bonchev–Trinajstić information content (AvgIpc) is 2.28. The van der Waals surface area contributed by atoms with Crippen LogP contribution in [0.2, 0.25) is 0 Å². The number of carbonyl (C=O) groups excluding carboxylic acids is 1. The molecule has 0 radical (unpaired) electrons. The number of aryl methyl sites for hydroxylation is 2. The van der Waals surface area contributed by atoms with Gasteiger partial charge >= 0.3 is 0 Å². The number of nitrogens with zero attached hydrogens (tertiary/aromatic N) is 1. The number of hydrogen-bond acceptors (Lipinski definition) is 2. The molecule has 3 heteroatoms. The van der Waals surface area contributed by atoms with E-state index >= 15 is 0 Å². The molecule has 0 fully saturated rings. The molecule has 0 bridgehead atoms. The van der Waals surface area contributed by atoms with Crippen LogP contribution in [-0.4, -0.2) is 35.6 Å². The maximum absolute atomic E-state index is 12.2. The summed E-state index contributed by atoms with van der Waals surface area (Å²) in [5.41, 5.74) is 2.94. The number of rotatable bonds is 5. The summed E-state index contributed by atoms with van der Waals surface area (Å²) in [7, 11) is 0. The molecule has 1 N–H and O–H groups in total. The van der Waals surface area contributed by atoms with Gasteiger partial charge in [-0.15, -0.1) is 0 Å². The Bertz CT molecular complexity index is 368. The molecule has 3 nitrogen and oxygen atoms in total. The quantitative estimate of drug-likeness (QED) is 0.849. The molecule has 0 saturated heterocycles. The Balaban J connectivity index is 2.85. The molecule has 0 aliphatic heterocycles. The van der Waals surface area contributed by atoms with Crippen molar-refractivity contribution in [2.24, 2.45) is 0 Å². The molecule has 0 unspecified atom stereocenters. The van der Waals surface area contributed by atoms with Crippen molar-refractivity contribution in [1.29, 1.82) is 0 Å². The van der Waals surface area contributed by atoms with Gasteiger partial charge in [0.2, 0.25) is 0 Å². The molecule has 94 valence electrons. The molecule has 0 aromatic heterocycles. The lowest BCUT2D eigenvalue weighted by molar-refractivity contribution is 0.0754. The van der Waals surface area contributed by atoms with Crippen LogP contribution < -0.4 is 0 Å². The van der Waals surface area contributed by atoms with Crippen LogP contribution in [0, 0.1) is 13.8 Å². The highest BCUT2D eigenvalue weighted by Crippen LogP contribution is 2.11. The molecule has 1 aromatic carbocycles. The zero-order chi connectivity index (χ0) is 12.8. The minimum Gasteiger partial charge on any atom is -0.396 e. The van der Waals surface area contributed by atoms with E-state index in [0.717, 1.165) is 16.7 Å². The van der Waals surface area contributed by atoms with Gasteiger partial charge < -0.3 is 10.0 Å². The van der Waals surface area contributed by atoms with Crippen molar-refractivity contribution in [2.45, 2.75) is 27.2 Å². The maximum atomic E-state index is 12.2. The standard InChI is InChI=1S/C14H21NO2/c1-4-15(6-5-7-16)14(17)13-9-11(2)8-12(3)10-13/h8-10,16H,4-7H2,1-3H3. The second kappa shape index (κ2) is 6.40. The summed E-state index contributed by atoms with van der Waals surface area (Å²) in [6.07, 6.45) is 0.629. The summed E-state index contributed by atoms with van der Waals surface area (Å²) in [4.78, 5) is 14.0. The maximum Gasteiger partial charge on any atom is 0.253 e. The van der Waals surface area contributed by atoms with Gasteiger partial charge in [-0.25, -0.2) is 0 Å². The van der Waals surface area contributed by atoms with E-state index < -0.39 is 0 Å². The predicted octanol–water partition coefficient (Wildman–Crippen LogP) is 2.15. The highest BCUT2D eigenvalue weighted by Gasteiger charge is 2.13. The third-order valence-corrected chi connectivity index (χ3v) is 2.72. The lowest BCUT2D eigenvalue weighted by Crippen LogP contribution is -2.32. The van der Waals surface area contributed by atoms with Gasteiger partial charge in [-0.3, -0.25) is 4.79 Å². The number of benzene rings is 1. The average molecular weight is 235 g/mol. The molecular formula is C14H21NO2. The first kappa shape index (κ1) is 13.7. The first-order chi connectivity index (χ1) is 8.08. The van der Waals surface area contributed by atoms with Gasteiger partial charge in [0.15, 0.2) is 0 Å². The molecule has 1 aromatic rings. The number of amides is 1. The zero-order valence-electron chi connectivity index (χ0n) is 10.9. The van der Waals surface area contributed by atoms with Crippen LogP contribution in [0.4, 0.5) is 0 Å². The number of carbonyl (C=O) groups is 1. The molecule has 0 atom stereocenters. The van der Waals surface area contributed by atoms with Gasteiger partial charge in [-0.2, -0.15) is 0 Å². The highest BCUT2D eigenvalue weighted by atomic mass is 16.3. The fourth-order valence-corrected chi connectivity index (χ4v) is 1.95. The van der Waals surface area contributed by atoms with E-state index in [2.05, 4.69) is 6.07 Å². The molecule has 1 amide bonds. The van der Waals surface area contributed by atoms with E-state index in [0.29, 0.717) is 19.5 Å². The Kier molecular flexibility index (Phi) is 5.16. The number of aliphatic hydroxyl groups is 1. The second-order valence-corrected chi connectivity index (χ2v) is 4.34. The smallest absolute Gasteiger partial charge is 0.253 e. The Morgan fingerprint density at radius 1 is 1.24 bits per heavy atom. The largest absolute Gasteiger partial charge is 0.396 e. The number of aliphatic hydroxyl groups excluding tert-OH is 1. The van der Waals surface area contributed by atoms with Crippen molar-refractivity contribution in [1.82, 2.24) is 4.90 Å². The van der Waals surface area contributed by atoms with Gasteiger partial charge in [0.05, 0.1) is 0 Å². The van der Waals surface area contributed by atoms with E-state index in [1.165, 1.54) is 0 Å². The van der Waals surface area contributed by atoms with Crippen molar-refractivity contribution in [3.8, 4) is 0 Å². The van der Waals surface area contributed by atoms with Gasteiger partial charge in [-0.1, -0.05) is 17.2 Å². The van der Waals surface area contributed by atoms with Gasteiger partial charge in [0.1, 0.15) is 0 Å². The summed E-state index contributed by atoms with van der Waals surface area (Å²) < 4.78 is 0. The Hall–Kier alpha value is -1.35. The molecule has 0 saturated carbocycles. The lowest BCUT2D eigenvalue weighted by atomic mass is 10.1.